The molecule has 35 heavy (non-hydrogen) atoms. The van der Waals surface area contributed by atoms with E-state index in [0.717, 1.165) is 20.6 Å². The van der Waals surface area contributed by atoms with E-state index in [1.54, 1.807) is 19.1 Å². The van der Waals surface area contributed by atoms with Gasteiger partial charge in [0.2, 0.25) is 21.8 Å². The Balaban J connectivity index is 2.45. The van der Waals surface area contributed by atoms with Crippen molar-refractivity contribution in [3.8, 4) is 0 Å². The molecular weight excluding hydrogens is 534 g/mol. The van der Waals surface area contributed by atoms with Gasteiger partial charge < -0.3 is 10.2 Å². The van der Waals surface area contributed by atoms with Gasteiger partial charge in [0.05, 0.1) is 11.9 Å². The van der Waals surface area contributed by atoms with Crippen molar-refractivity contribution < 1.29 is 22.8 Å². The van der Waals surface area contributed by atoms with Crippen LogP contribution in [0.3, 0.4) is 0 Å². The maximum absolute atomic E-state index is 13.6. The number of nitrogens with one attached hydrogen (secondary N) is 1. The van der Waals surface area contributed by atoms with Gasteiger partial charge in [0.15, 0.2) is 5.78 Å². The molecular formula is C25H32BrN3O5S. The van der Waals surface area contributed by atoms with Gasteiger partial charge in [0, 0.05) is 22.1 Å². The van der Waals surface area contributed by atoms with Crippen LogP contribution < -0.4 is 9.62 Å². The Kier molecular flexibility index (Phi) is 9.24. The molecule has 0 spiro atoms. The monoisotopic (exact) mass is 565 g/mol. The van der Waals surface area contributed by atoms with E-state index in [9.17, 15) is 22.8 Å². The number of hydrogen-bond donors (Lipinski definition) is 1. The quantitative estimate of drug-likeness (QED) is 0.466. The summed E-state index contributed by atoms with van der Waals surface area (Å²) in [7, 11) is -3.88. The first kappa shape index (κ1) is 28.5. The normalized spacial score (nSPS) is 12.5. The molecule has 2 rings (SSSR count). The summed E-state index contributed by atoms with van der Waals surface area (Å²) in [5, 5.41) is 2.88. The molecule has 2 aromatic carbocycles. The summed E-state index contributed by atoms with van der Waals surface area (Å²) < 4.78 is 27.1. The minimum atomic E-state index is -3.88. The maximum Gasteiger partial charge on any atom is 0.244 e. The van der Waals surface area contributed by atoms with Crippen LogP contribution in [0.2, 0.25) is 0 Å². The van der Waals surface area contributed by atoms with E-state index >= 15 is 0 Å². The van der Waals surface area contributed by atoms with Gasteiger partial charge in [0.1, 0.15) is 12.6 Å². The molecule has 0 aliphatic rings. The molecule has 2 amide bonds. The minimum absolute atomic E-state index is 0.0993. The largest absolute Gasteiger partial charge is 0.350 e. The topological polar surface area (TPSA) is 104 Å². The van der Waals surface area contributed by atoms with Crippen molar-refractivity contribution in [3.63, 3.8) is 0 Å². The molecule has 2 aromatic rings. The van der Waals surface area contributed by atoms with Gasteiger partial charge in [-0.15, -0.1) is 0 Å². The average molecular weight is 567 g/mol. The van der Waals surface area contributed by atoms with Gasteiger partial charge in [-0.2, -0.15) is 0 Å². The molecule has 1 N–H and O–H groups in total. The number of carbonyl (C=O) groups excluding carboxylic acids is 3. The predicted molar refractivity (Wildman–Crippen MR) is 141 cm³/mol. The molecule has 190 valence electrons. The zero-order chi connectivity index (χ0) is 26.6. The van der Waals surface area contributed by atoms with Gasteiger partial charge in [-0.3, -0.25) is 18.7 Å². The molecule has 0 aliphatic carbocycles. The second-order valence-corrected chi connectivity index (χ2v) is 12.3. The Morgan fingerprint density at radius 2 is 1.69 bits per heavy atom. The van der Waals surface area contributed by atoms with Gasteiger partial charge in [-0.05, 0) is 64.4 Å². The number of hydrogen-bond acceptors (Lipinski definition) is 5. The lowest BCUT2D eigenvalue weighted by atomic mass is 10.1. The van der Waals surface area contributed by atoms with Crippen molar-refractivity contribution in [1.29, 1.82) is 0 Å². The van der Waals surface area contributed by atoms with E-state index in [1.807, 2.05) is 45.0 Å². The summed E-state index contributed by atoms with van der Waals surface area (Å²) >= 11 is 3.41. The predicted octanol–water partition coefficient (Wildman–Crippen LogP) is 3.75. The van der Waals surface area contributed by atoms with Gasteiger partial charge in [0.25, 0.3) is 0 Å². The third-order valence-electron chi connectivity index (χ3n) is 5.13. The number of sulfonamides is 1. The Bertz CT molecular complexity index is 1210. The summed E-state index contributed by atoms with van der Waals surface area (Å²) in [4.78, 5) is 39.7. The van der Waals surface area contributed by atoms with Crippen LogP contribution in [-0.2, 0) is 26.2 Å². The summed E-state index contributed by atoms with van der Waals surface area (Å²) in [5.74, 6) is -1.14. The highest BCUT2D eigenvalue weighted by molar-refractivity contribution is 9.10. The average Bonchev–Trinajstić information content (AvgIpc) is 2.73. The van der Waals surface area contributed by atoms with E-state index in [2.05, 4.69) is 21.2 Å². The molecule has 10 heteroatoms. The first-order valence-electron chi connectivity index (χ1n) is 11.0. The Morgan fingerprint density at radius 3 is 2.23 bits per heavy atom. The zero-order valence-corrected chi connectivity index (χ0v) is 23.2. The van der Waals surface area contributed by atoms with Gasteiger partial charge in [-0.1, -0.05) is 40.2 Å². The molecule has 0 aliphatic heterocycles. The third kappa shape index (κ3) is 8.47. The van der Waals surface area contributed by atoms with Crippen LogP contribution in [0, 0.1) is 0 Å². The fraction of sp³-hybridized carbons (Fsp3) is 0.400. The highest BCUT2D eigenvalue weighted by Crippen LogP contribution is 2.21. The Hall–Kier alpha value is -2.72. The van der Waals surface area contributed by atoms with Gasteiger partial charge >= 0.3 is 0 Å². The number of Topliss-reactive ketones (excluding diaryl/α,β-unsaturated/α-hetero) is 1. The number of nitrogens with zero attached hydrogens (tertiary/aromatic N) is 2. The highest BCUT2D eigenvalue weighted by Gasteiger charge is 2.31. The van der Waals surface area contributed by atoms with E-state index in [-0.39, 0.29) is 23.9 Å². The van der Waals surface area contributed by atoms with Crippen LogP contribution in [0.5, 0.6) is 0 Å². The van der Waals surface area contributed by atoms with Crippen molar-refractivity contribution in [3.05, 3.63) is 64.1 Å². The van der Waals surface area contributed by atoms with Gasteiger partial charge in [-0.25, -0.2) is 8.42 Å². The number of halogens is 1. The Labute approximate surface area is 215 Å². The summed E-state index contributed by atoms with van der Waals surface area (Å²) in [6.07, 6.45) is 0.995. The number of rotatable bonds is 9. The number of amides is 2. The molecule has 0 heterocycles. The fourth-order valence-electron chi connectivity index (χ4n) is 3.38. The Morgan fingerprint density at radius 1 is 1.06 bits per heavy atom. The third-order valence-corrected chi connectivity index (χ3v) is 6.76. The lowest BCUT2D eigenvalue weighted by Gasteiger charge is -2.33. The summed E-state index contributed by atoms with van der Waals surface area (Å²) in [6.45, 7) is 8.08. The van der Waals surface area contributed by atoms with Crippen LogP contribution >= 0.6 is 15.9 Å². The lowest BCUT2D eigenvalue weighted by molar-refractivity contribution is -0.140. The molecule has 1 atom stereocenters. The fourth-order valence-corrected chi connectivity index (χ4v) is 4.67. The maximum atomic E-state index is 13.6. The number of benzene rings is 2. The first-order chi connectivity index (χ1) is 16.1. The van der Waals surface area contributed by atoms with Crippen LogP contribution in [0.4, 0.5) is 5.69 Å². The molecule has 0 aromatic heterocycles. The highest BCUT2D eigenvalue weighted by atomic mass is 79.9. The summed E-state index contributed by atoms with van der Waals surface area (Å²) in [5.41, 5.74) is 0.782. The molecule has 0 radical (unpaired) electrons. The van der Waals surface area contributed by atoms with Crippen molar-refractivity contribution in [2.24, 2.45) is 0 Å². The zero-order valence-electron chi connectivity index (χ0n) is 20.8. The van der Waals surface area contributed by atoms with Crippen LogP contribution in [0.15, 0.2) is 53.0 Å². The van der Waals surface area contributed by atoms with Crippen molar-refractivity contribution in [2.75, 3.05) is 17.1 Å². The SMILES string of the molecule is CC(=O)c1cccc(N(CC(=O)N(Cc2cccc(Br)c2)[C@H](C)C(=O)NC(C)(C)C)S(C)(=O)=O)c1. The second kappa shape index (κ2) is 11.3. The standard InChI is InChI=1S/C25H32BrN3O5S/c1-17(24(32)27-25(3,4)5)28(15-19-9-7-11-21(26)13-19)23(31)16-29(35(6,33)34)22-12-8-10-20(14-22)18(2)30/h7-14,17H,15-16H2,1-6H3,(H,27,32)/t17-/m1/s1. The van der Waals surface area contributed by atoms with E-state index in [1.165, 1.54) is 24.0 Å². The first-order valence-corrected chi connectivity index (χ1v) is 13.7. The molecule has 0 saturated heterocycles. The second-order valence-electron chi connectivity index (χ2n) is 9.44. The van der Waals surface area contributed by atoms with Crippen molar-refractivity contribution in [2.45, 2.75) is 52.7 Å². The summed E-state index contributed by atoms with van der Waals surface area (Å²) in [6, 6.07) is 12.5. The van der Waals surface area contributed by atoms with Crippen LogP contribution in [0.25, 0.3) is 0 Å². The van der Waals surface area contributed by atoms with E-state index in [0.29, 0.717) is 5.56 Å². The number of carbonyl (C=O) groups is 3. The minimum Gasteiger partial charge on any atom is -0.350 e. The molecule has 0 bridgehead atoms. The molecule has 8 nitrogen and oxygen atoms in total. The van der Waals surface area contributed by atoms with Crippen molar-refractivity contribution >= 4 is 49.2 Å². The van der Waals surface area contributed by atoms with E-state index < -0.39 is 34.1 Å². The molecule has 0 saturated carbocycles. The van der Waals surface area contributed by atoms with Crippen molar-refractivity contribution in [1.82, 2.24) is 10.2 Å². The molecule has 0 fully saturated rings. The van der Waals surface area contributed by atoms with Crippen LogP contribution in [0.1, 0.15) is 50.5 Å². The molecule has 0 unspecified atom stereocenters. The number of ketones is 1. The smallest absolute Gasteiger partial charge is 0.244 e. The van der Waals surface area contributed by atoms with Crippen LogP contribution in [-0.4, -0.2) is 55.3 Å². The number of anilines is 1. The lowest BCUT2D eigenvalue weighted by Crippen LogP contribution is -2.54. The van der Waals surface area contributed by atoms with E-state index in [4.69, 9.17) is 0 Å².